The number of nitrogens with two attached hydrogens (primary N) is 1. The molecule has 2 heterocycles. The first kappa shape index (κ1) is 29.2. The Labute approximate surface area is 221 Å². The van der Waals surface area contributed by atoms with Crippen LogP contribution in [0.4, 0.5) is 11.6 Å². The molecule has 0 aliphatic carbocycles. The largest absolute Gasteiger partial charge is 0.384 e. The van der Waals surface area contributed by atoms with Crippen molar-refractivity contribution in [1.29, 1.82) is 0 Å². The highest BCUT2D eigenvalue weighted by Gasteiger charge is 2.14. The van der Waals surface area contributed by atoms with E-state index in [1.54, 1.807) is 66.9 Å². The summed E-state index contributed by atoms with van der Waals surface area (Å²) in [6, 6.07) is 23.1. The predicted octanol–water partition coefficient (Wildman–Crippen LogP) is 5.45. The number of nitrogen functional groups attached to an aromatic ring is 1. The molecule has 0 radical (unpaired) electrons. The van der Waals surface area contributed by atoms with E-state index >= 15 is 0 Å². The molecule has 192 valence electrons. The van der Waals surface area contributed by atoms with Gasteiger partial charge in [0.05, 0.1) is 9.79 Å². The van der Waals surface area contributed by atoms with E-state index in [0.717, 1.165) is 11.1 Å². The Hall–Kier alpha value is -3.99. The topological polar surface area (TPSA) is 132 Å². The van der Waals surface area contributed by atoms with Crippen LogP contribution in [-0.2, 0) is 19.1 Å². The number of aromatic nitrogens is 2. The lowest BCUT2D eigenvalue weighted by Crippen LogP contribution is -2.13. The van der Waals surface area contributed by atoms with Gasteiger partial charge >= 0.3 is 0 Å². The summed E-state index contributed by atoms with van der Waals surface area (Å²) in [7, 11) is -2.07. The Morgan fingerprint density at radius 3 is 1.54 bits per heavy atom. The van der Waals surface area contributed by atoms with Crippen molar-refractivity contribution in [3.63, 3.8) is 0 Å². The van der Waals surface area contributed by atoms with Gasteiger partial charge in [-0.2, -0.15) is 0 Å². The standard InChI is InChI=1S/C13H12N2O2S.C8H7ClO2S.C5H6N2/c1-2-11-6-8-12(9-7-11)18(16,17)15-13-5-3-4-10-14-13;1-2-7-3-5-8(6-4-7)12(9,10)11;6-5-3-1-2-4-7-5/h2-10H,1H2,(H,14,15);2-6H,1H2;1-4H,(H2,6,7). The van der Waals surface area contributed by atoms with Crippen LogP contribution in [0.25, 0.3) is 12.2 Å². The molecule has 0 amide bonds. The molecule has 2 aromatic carbocycles. The van der Waals surface area contributed by atoms with Gasteiger partial charge in [-0.1, -0.05) is 61.7 Å². The van der Waals surface area contributed by atoms with Gasteiger partial charge in [0, 0.05) is 23.1 Å². The highest BCUT2D eigenvalue weighted by Crippen LogP contribution is 2.16. The molecule has 0 unspecified atom stereocenters. The van der Waals surface area contributed by atoms with E-state index in [0.29, 0.717) is 11.6 Å². The fourth-order valence-electron chi connectivity index (χ4n) is 2.55. The number of nitrogens with zero attached hydrogens (tertiary/aromatic N) is 2. The second kappa shape index (κ2) is 13.9. The summed E-state index contributed by atoms with van der Waals surface area (Å²) in [4.78, 5) is 7.97. The second-order valence-electron chi connectivity index (χ2n) is 7.06. The van der Waals surface area contributed by atoms with Crippen LogP contribution >= 0.6 is 10.7 Å². The van der Waals surface area contributed by atoms with E-state index in [1.165, 1.54) is 30.5 Å². The fraction of sp³-hybridized carbons (Fsp3) is 0. The van der Waals surface area contributed by atoms with E-state index in [4.69, 9.17) is 16.4 Å². The second-order valence-corrected chi connectivity index (χ2v) is 11.3. The molecular formula is C26H25ClN4O4S2. The van der Waals surface area contributed by atoms with E-state index in [9.17, 15) is 16.8 Å². The van der Waals surface area contributed by atoms with Crippen LogP contribution in [0.3, 0.4) is 0 Å². The quantitative estimate of drug-likeness (QED) is 0.302. The number of hydrogen-bond acceptors (Lipinski definition) is 7. The maximum absolute atomic E-state index is 12.0. The summed E-state index contributed by atoms with van der Waals surface area (Å²) in [5, 5.41) is 0. The smallest absolute Gasteiger partial charge is 0.263 e. The van der Waals surface area contributed by atoms with Crippen molar-refractivity contribution in [2.45, 2.75) is 9.79 Å². The van der Waals surface area contributed by atoms with E-state index in [2.05, 4.69) is 27.8 Å². The van der Waals surface area contributed by atoms with Crippen molar-refractivity contribution in [3.8, 4) is 0 Å². The number of nitrogens with one attached hydrogen (secondary N) is 1. The minimum atomic E-state index is -3.59. The summed E-state index contributed by atoms with van der Waals surface area (Å²) in [6.07, 6.45) is 6.47. The lowest BCUT2D eigenvalue weighted by Gasteiger charge is -2.07. The maximum atomic E-state index is 12.0. The fourth-order valence-corrected chi connectivity index (χ4v) is 4.32. The Bertz CT molecular complexity index is 1500. The molecule has 11 heteroatoms. The van der Waals surface area contributed by atoms with Gasteiger partial charge in [0.15, 0.2) is 0 Å². The van der Waals surface area contributed by atoms with Gasteiger partial charge in [-0.05, 0) is 59.7 Å². The molecule has 8 nitrogen and oxygen atoms in total. The molecule has 0 saturated carbocycles. The number of anilines is 2. The molecule has 0 spiro atoms. The Balaban J connectivity index is 0.000000217. The number of benzene rings is 2. The van der Waals surface area contributed by atoms with E-state index in [-0.39, 0.29) is 9.79 Å². The zero-order valence-electron chi connectivity index (χ0n) is 19.6. The molecular weight excluding hydrogens is 532 g/mol. The van der Waals surface area contributed by atoms with Crippen molar-refractivity contribution >= 4 is 53.5 Å². The van der Waals surface area contributed by atoms with Crippen molar-refractivity contribution < 1.29 is 16.8 Å². The van der Waals surface area contributed by atoms with Crippen LogP contribution in [0.1, 0.15) is 11.1 Å². The van der Waals surface area contributed by atoms with Crippen molar-refractivity contribution in [2.75, 3.05) is 10.5 Å². The SMILES string of the molecule is C=Cc1ccc(S(=O)(=O)Cl)cc1.C=Cc1ccc(S(=O)(=O)Nc2ccccn2)cc1.Nc1ccccn1. The molecule has 4 rings (SSSR count). The minimum absolute atomic E-state index is 0.106. The van der Waals surface area contributed by atoms with Crippen molar-refractivity contribution in [1.82, 2.24) is 9.97 Å². The molecule has 0 atom stereocenters. The number of halogens is 1. The first-order valence-electron chi connectivity index (χ1n) is 10.5. The number of hydrogen-bond donors (Lipinski definition) is 2. The van der Waals surface area contributed by atoms with Crippen molar-refractivity contribution in [3.05, 3.63) is 122 Å². The third-order valence-corrected chi connectivity index (χ3v) is 7.16. The molecule has 0 bridgehead atoms. The van der Waals surface area contributed by atoms with Gasteiger partial charge < -0.3 is 5.73 Å². The molecule has 0 aliphatic heterocycles. The Morgan fingerprint density at radius 2 is 1.19 bits per heavy atom. The normalized spacial score (nSPS) is 10.5. The molecule has 4 aromatic rings. The van der Waals surface area contributed by atoms with Gasteiger partial charge in [0.2, 0.25) is 0 Å². The first-order valence-corrected chi connectivity index (χ1v) is 14.3. The highest BCUT2D eigenvalue weighted by molar-refractivity contribution is 8.13. The van der Waals surface area contributed by atoms with Crippen LogP contribution in [0.15, 0.2) is 120 Å². The van der Waals surface area contributed by atoms with E-state index < -0.39 is 19.1 Å². The average Bonchev–Trinajstić information content (AvgIpc) is 2.90. The summed E-state index contributed by atoms with van der Waals surface area (Å²) in [6.45, 7) is 7.16. The summed E-state index contributed by atoms with van der Waals surface area (Å²) >= 11 is 0. The Kier molecular flexibility index (Phi) is 11.0. The average molecular weight is 557 g/mol. The van der Waals surface area contributed by atoms with Gasteiger partial charge in [-0.25, -0.2) is 26.8 Å². The third kappa shape index (κ3) is 10.3. The third-order valence-electron chi connectivity index (χ3n) is 4.42. The van der Waals surface area contributed by atoms with E-state index in [1.807, 2.05) is 12.1 Å². The first-order chi connectivity index (χ1) is 17.5. The van der Waals surface area contributed by atoms with Crippen LogP contribution in [0.2, 0.25) is 0 Å². The lowest BCUT2D eigenvalue weighted by molar-refractivity contribution is 0.600. The molecule has 0 saturated heterocycles. The van der Waals surface area contributed by atoms with Gasteiger partial charge in [0.25, 0.3) is 19.1 Å². The maximum Gasteiger partial charge on any atom is 0.263 e. The summed E-state index contributed by atoms with van der Waals surface area (Å²) < 4.78 is 48.0. The van der Waals surface area contributed by atoms with Crippen molar-refractivity contribution in [2.24, 2.45) is 0 Å². The van der Waals surface area contributed by atoms with Gasteiger partial charge in [-0.15, -0.1) is 0 Å². The summed E-state index contributed by atoms with van der Waals surface area (Å²) in [5.41, 5.74) is 6.97. The molecule has 3 N–H and O–H groups in total. The highest BCUT2D eigenvalue weighted by atomic mass is 35.7. The number of sulfonamides is 1. The molecule has 2 aromatic heterocycles. The minimum Gasteiger partial charge on any atom is -0.384 e. The monoisotopic (exact) mass is 556 g/mol. The number of rotatable bonds is 6. The van der Waals surface area contributed by atoms with Gasteiger partial charge in [-0.3, -0.25) is 4.72 Å². The van der Waals surface area contributed by atoms with Crippen LogP contribution in [0.5, 0.6) is 0 Å². The Morgan fingerprint density at radius 1 is 0.703 bits per heavy atom. The zero-order valence-corrected chi connectivity index (χ0v) is 22.0. The predicted molar refractivity (Wildman–Crippen MR) is 150 cm³/mol. The van der Waals surface area contributed by atoms with Gasteiger partial charge in [0.1, 0.15) is 11.6 Å². The summed E-state index contributed by atoms with van der Waals surface area (Å²) in [5.74, 6) is 0.868. The molecule has 0 fully saturated rings. The molecule has 37 heavy (non-hydrogen) atoms. The molecule has 0 aliphatic rings. The van der Waals surface area contributed by atoms with Crippen LogP contribution in [-0.4, -0.2) is 26.8 Å². The van der Waals surface area contributed by atoms with Crippen LogP contribution < -0.4 is 10.5 Å². The van der Waals surface area contributed by atoms with Crippen LogP contribution in [0, 0.1) is 0 Å². The lowest BCUT2D eigenvalue weighted by atomic mass is 10.2. The number of pyridine rings is 2. The zero-order chi connectivity index (χ0) is 27.3.